The molecular formula is C35H32O11. The smallest absolute Gasteiger partial charge is 0.189 e. The Kier molecular flexibility index (Phi) is 11.4. The van der Waals surface area contributed by atoms with Crippen molar-refractivity contribution in [3.05, 3.63) is 107 Å². The zero-order valence-electron chi connectivity index (χ0n) is 25.3. The Morgan fingerprint density at radius 3 is 1.57 bits per heavy atom. The molecule has 0 heterocycles. The van der Waals surface area contributed by atoms with E-state index in [0.717, 1.165) is 0 Å². The number of allylic oxidation sites excluding steroid dienone is 2. The second-order valence-corrected chi connectivity index (χ2v) is 9.59. The number of ketones is 2. The van der Waals surface area contributed by atoms with E-state index in [1.54, 1.807) is 42.5 Å². The van der Waals surface area contributed by atoms with Gasteiger partial charge >= 0.3 is 0 Å². The summed E-state index contributed by atoms with van der Waals surface area (Å²) in [5, 5.41) is 30.9. The highest BCUT2D eigenvalue weighted by molar-refractivity contribution is 6.09. The van der Waals surface area contributed by atoms with E-state index in [4.69, 9.17) is 28.4 Å². The van der Waals surface area contributed by atoms with Gasteiger partial charge in [0.15, 0.2) is 48.2 Å². The number of aromatic hydroxyl groups is 3. The van der Waals surface area contributed by atoms with Gasteiger partial charge < -0.3 is 43.7 Å². The maximum Gasteiger partial charge on any atom is 0.189 e. The van der Waals surface area contributed by atoms with Crippen molar-refractivity contribution in [1.29, 1.82) is 0 Å². The van der Waals surface area contributed by atoms with E-state index in [1.165, 1.54) is 76.0 Å². The summed E-state index contributed by atoms with van der Waals surface area (Å²) < 4.78 is 31.6. The zero-order chi connectivity index (χ0) is 33.1. The molecule has 0 atom stereocenters. The third-order valence-corrected chi connectivity index (χ3v) is 6.40. The lowest BCUT2D eigenvalue weighted by molar-refractivity contribution is 0.0508. The lowest BCUT2D eigenvalue weighted by Crippen LogP contribution is -2.00. The first-order valence-electron chi connectivity index (χ1n) is 13.8. The van der Waals surface area contributed by atoms with Crippen LogP contribution in [0.15, 0.2) is 84.9 Å². The normalized spacial score (nSPS) is 11.1. The first-order valence-corrected chi connectivity index (χ1v) is 13.8. The Hall–Kier alpha value is -5.78. The van der Waals surface area contributed by atoms with E-state index >= 15 is 0 Å². The molecule has 3 N–H and O–H groups in total. The van der Waals surface area contributed by atoms with E-state index in [-0.39, 0.29) is 53.5 Å². The minimum Gasteiger partial charge on any atom is -0.507 e. The molecule has 4 rings (SSSR count). The molecule has 46 heavy (non-hydrogen) atoms. The van der Waals surface area contributed by atoms with Gasteiger partial charge in [0.2, 0.25) is 0 Å². The van der Waals surface area contributed by atoms with Gasteiger partial charge in [0.1, 0.15) is 23.0 Å². The van der Waals surface area contributed by atoms with Crippen molar-refractivity contribution in [1.82, 2.24) is 0 Å². The van der Waals surface area contributed by atoms with Crippen LogP contribution in [0.2, 0.25) is 0 Å². The molecule has 11 nitrogen and oxygen atoms in total. The second kappa shape index (κ2) is 15.8. The van der Waals surface area contributed by atoms with Crippen molar-refractivity contribution in [3.8, 4) is 46.0 Å². The number of ether oxygens (including phenoxy) is 6. The van der Waals surface area contributed by atoms with E-state index in [2.05, 4.69) is 0 Å². The van der Waals surface area contributed by atoms with Crippen LogP contribution >= 0.6 is 0 Å². The van der Waals surface area contributed by atoms with Gasteiger partial charge in [0.05, 0.1) is 18.2 Å². The molecule has 238 valence electrons. The molecule has 0 aliphatic carbocycles. The molecule has 0 amide bonds. The minimum absolute atomic E-state index is 0.000787. The van der Waals surface area contributed by atoms with Gasteiger partial charge in [-0.2, -0.15) is 0 Å². The maximum absolute atomic E-state index is 12.7. The quantitative estimate of drug-likeness (QED) is 0.0766. The number of rotatable bonds is 15. The number of carbonyl (C=O) groups excluding carboxylic acids is 2. The van der Waals surface area contributed by atoms with E-state index in [1.807, 2.05) is 0 Å². The third kappa shape index (κ3) is 8.65. The van der Waals surface area contributed by atoms with Gasteiger partial charge in [-0.25, -0.2) is 0 Å². The summed E-state index contributed by atoms with van der Waals surface area (Å²) in [5.41, 5.74) is 1.33. The Bertz CT molecular complexity index is 1760. The van der Waals surface area contributed by atoms with E-state index in [9.17, 15) is 24.9 Å². The van der Waals surface area contributed by atoms with Crippen LogP contribution < -0.4 is 18.9 Å². The molecule has 0 aliphatic rings. The van der Waals surface area contributed by atoms with Crippen molar-refractivity contribution < 1.29 is 53.3 Å². The number of hydrogen-bond donors (Lipinski definition) is 3. The summed E-state index contributed by atoms with van der Waals surface area (Å²) in [7, 11) is 4.39. The van der Waals surface area contributed by atoms with Gasteiger partial charge in [-0.1, -0.05) is 24.3 Å². The van der Waals surface area contributed by atoms with Gasteiger partial charge in [-0.3, -0.25) is 9.59 Å². The third-order valence-electron chi connectivity index (χ3n) is 6.40. The molecule has 0 aliphatic heterocycles. The standard InChI is InChI=1S/C35H32O11/c1-41-20-44-24-8-10-26(31(39)18-24)28(36)12-4-22-6-14-30(38)34(16-22)46-33-15-7-23(17-35(33)43-3)5-13-29(37)27-11-9-25(19-32(27)40)45-21-42-2/h4-19,38-40H,20-21H2,1-3H3/b12-4+,13-5+. The summed E-state index contributed by atoms with van der Waals surface area (Å²) in [6, 6.07) is 18.1. The Labute approximate surface area is 265 Å². The molecule has 4 aromatic rings. The first-order chi connectivity index (χ1) is 22.2. The number of carbonyl (C=O) groups is 2. The van der Waals surface area contributed by atoms with Crippen LogP contribution in [-0.2, 0) is 9.47 Å². The topological polar surface area (TPSA) is 150 Å². The second-order valence-electron chi connectivity index (χ2n) is 9.59. The lowest BCUT2D eigenvalue weighted by atomic mass is 10.1. The fourth-order valence-corrected chi connectivity index (χ4v) is 4.10. The lowest BCUT2D eigenvalue weighted by Gasteiger charge is -2.12. The minimum atomic E-state index is -0.446. The molecule has 0 aromatic heterocycles. The highest BCUT2D eigenvalue weighted by Gasteiger charge is 2.13. The number of hydrogen-bond acceptors (Lipinski definition) is 11. The Balaban J connectivity index is 1.45. The van der Waals surface area contributed by atoms with Gasteiger partial charge in [0.25, 0.3) is 0 Å². The van der Waals surface area contributed by atoms with E-state index < -0.39 is 11.6 Å². The van der Waals surface area contributed by atoms with Gasteiger partial charge in [-0.05, 0) is 71.8 Å². The fourth-order valence-electron chi connectivity index (χ4n) is 4.10. The average molecular weight is 629 g/mol. The zero-order valence-corrected chi connectivity index (χ0v) is 25.3. The molecule has 0 radical (unpaired) electrons. The molecule has 0 saturated carbocycles. The summed E-state index contributed by atoms with van der Waals surface area (Å²) in [6.07, 6.45) is 5.67. The highest BCUT2D eigenvalue weighted by Crippen LogP contribution is 2.37. The van der Waals surface area contributed by atoms with Crippen LogP contribution in [0.25, 0.3) is 12.2 Å². The summed E-state index contributed by atoms with van der Waals surface area (Å²) in [6.45, 7) is 0.00685. The maximum atomic E-state index is 12.7. The molecular weight excluding hydrogens is 596 g/mol. The molecule has 0 fully saturated rings. The molecule has 4 aromatic carbocycles. The van der Waals surface area contributed by atoms with Crippen LogP contribution in [0.1, 0.15) is 31.8 Å². The fraction of sp³-hybridized carbons (Fsp3) is 0.143. The van der Waals surface area contributed by atoms with Crippen LogP contribution in [0.4, 0.5) is 0 Å². The number of methoxy groups -OCH3 is 3. The highest BCUT2D eigenvalue weighted by atomic mass is 16.7. The van der Waals surface area contributed by atoms with Crippen LogP contribution in [0.3, 0.4) is 0 Å². The Morgan fingerprint density at radius 1 is 0.587 bits per heavy atom. The molecule has 11 heteroatoms. The summed E-state index contributed by atoms with van der Waals surface area (Å²) >= 11 is 0. The van der Waals surface area contributed by atoms with Crippen LogP contribution in [0, 0.1) is 0 Å². The van der Waals surface area contributed by atoms with Crippen molar-refractivity contribution in [2.75, 3.05) is 34.9 Å². The summed E-state index contributed by atoms with van der Waals surface area (Å²) in [5.74, 6) is -0.0822. The van der Waals surface area contributed by atoms with Gasteiger partial charge in [-0.15, -0.1) is 0 Å². The molecule has 0 saturated heterocycles. The largest absolute Gasteiger partial charge is 0.507 e. The molecule has 0 unspecified atom stereocenters. The SMILES string of the molecule is COCOc1ccc(C(=O)/C=C/c2ccc(O)c(Oc3ccc(/C=C/C(=O)c4ccc(OCOC)cc4O)cc3OC)c2)c(O)c1. The first kappa shape index (κ1) is 33.1. The van der Waals surface area contributed by atoms with Gasteiger partial charge in [0, 0.05) is 26.4 Å². The van der Waals surface area contributed by atoms with Crippen molar-refractivity contribution >= 4 is 23.7 Å². The van der Waals surface area contributed by atoms with Crippen molar-refractivity contribution in [3.63, 3.8) is 0 Å². The van der Waals surface area contributed by atoms with E-state index in [0.29, 0.717) is 28.4 Å². The number of phenols is 3. The summed E-state index contributed by atoms with van der Waals surface area (Å²) in [4.78, 5) is 25.4. The Morgan fingerprint density at radius 2 is 1.09 bits per heavy atom. The van der Waals surface area contributed by atoms with Crippen molar-refractivity contribution in [2.24, 2.45) is 0 Å². The number of phenolic OH excluding ortho intramolecular Hbond substituents is 3. The predicted octanol–water partition coefficient (Wildman–Crippen LogP) is 6.36. The van der Waals surface area contributed by atoms with Crippen molar-refractivity contribution in [2.45, 2.75) is 0 Å². The number of benzene rings is 4. The van der Waals surface area contributed by atoms with Crippen LogP contribution in [0.5, 0.6) is 46.0 Å². The monoisotopic (exact) mass is 628 g/mol. The predicted molar refractivity (Wildman–Crippen MR) is 169 cm³/mol. The van der Waals surface area contributed by atoms with Crippen LogP contribution in [-0.4, -0.2) is 61.8 Å². The molecule has 0 bridgehead atoms. The average Bonchev–Trinajstić information content (AvgIpc) is 3.05. The molecule has 0 spiro atoms.